The van der Waals surface area contributed by atoms with E-state index in [0.717, 1.165) is 16.3 Å². The molecule has 0 radical (unpaired) electrons. The molecule has 0 aliphatic carbocycles. The summed E-state index contributed by atoms with van der Waals surface area (Å²) in [6, 6.07) is 13.0. The molecule has 0 aliphatic rings. The molecule has 1 N–H and O–H groups in total. The van der Waals surface area contributed by atoms with E-state index >= 15 is 0 Å². The highest BCUT2D eigenvalue weighted by Gasteiger charge is 2.27. The van der Waals surface area contributed by atoms with Crippen LogP contribution in [0.25, 0.3) is 0 Å². The number of anilines is 1. The standard InChI is InChI=1S/C20H25ClN2O3S/c1-15(2)11-12-22-20(24)14-23(18-6-4-5-17(21)13-18)27(25,26)19-9-7-16(3)8-10-19/h4-10,13,15H,11-12,14H2,1-3H3,(H,22,24). The molecule has 2 aromatic rings. The SMILES string of the molecule is Cc1ccc(S(=O)(=O)N(CC(=O)NCCC(C)C)c2cccc(Cl)c2)cc1. The van der Waals surface area contributed by atoms with Crippen LogP contribution in [-0.2, 0) is 14.8 Å². The van der Waals surface area contributed by atoms with Crippen molar-refractivity contribution in [2.24, 2.45) is 5.92 Å². The number of hydrogen-bond donors (Lipinski definition) is 1. The Morgan fingerprint density at radius 3 is 2.41 bits per heavy atom. The predicted octanol–water partition coefficient (Wildman–Crippen LogP) is 4.01. The van der Waals surface area contributed by atoms with Crippen molar-refractivity contribution in [3.8, 4) is 0 Å². The van der Waals surface area contributed by atoms with Crippen molar-refractivity contribution >= 4 is 33.2 Å². The number of hydrogen-bond acceptors (Lipinski definition) is 3. The van der Waals surface area contributed by atoms with Crippen molar-refractivity contribution in [3.05, 3.63) is 59.1 Å². The maximum atomic E-state index is 13.2. The highest BCUT2D eigenvalue weighted by Crippen LogP contribution is 2.26. The smallest absolute Gasteiger partial charge is 0.264 e. The van der Waals surface area contributed by atoms with Crippen molar-refractivity contribution in [3.63, 3.8) is 0 Å². The topological polar surface area (TPSA) is 66.5 Å². The summed E-state index contributed by atoms with van der Waals surface area (Å²) in [6.07, 6.45) is 0.827. The summed E-state index contributed by atoms with van der Waals surface area (Å²) in [5.74, 6) is 0.0944. The monoisotopic (exact) mass is 408 g/mol. The van der Waals surface area contributed by atoms with Gasteiger partial charge in [0.1, 0.15) is 6.54 Å². The van der Waals surface area contributed by atoms with Crippen LogP contribution >= 0.6 is 11.6 Å². The van der Waals surface area contributed by atoms with Gasteiger partial charge in [-0.2, -0.15) is 0 Å². The van der Waals surface area contributed by atoms with Crippen LogP contribution < -0.4 is 9.62 Å². The first kappa shape index (κ1) is 21.3. The zero-order valence-electron chi connectivity index (χ0n) is 15.8. The minimum atomic E-state index is -3.91. The lowest BCUT2D eigenvalue weighted by Gasteiger charge is -2.24. The Hall–Kier alpha value is -2.05. The second-order valence-electron chi connectivity index (χ2n) is 6.84. The molecule has 0 aromatic heterocycles. The molecule has 5 nitrogen and oxygen atoms in total. The molecule has 2 aromatic carbocycles. The normalized spacial score (nSPS) is 11.4. The highest BCUT2D eigenvalue weighted by molar-refractivity contribution is 7.92. The second-order valence-corrected chi connectivity index (χ2v) is 9.14. The third kappa shape index (κ3) is 5.97. The number of rotatable bonds is 8. The summed E-state index contributed by atoms with van der Waals surface area (Å²) in [4.78, 5) is 12.5. The summed E-state index contributed by atoms with van der Waals surface area (Å²) >= 11 is 6.04. The summed E-state index contributed by atoms with van der Waals surface area (Å²) in [7, 11) is -3.91. The van der Waals surface area contributed by atoms with Gasteiger partial charge < -0.3 is 5.32 Å². The van der Waals surface area contributed by atoms with Gasteiger partial charge in [0.2, 0.25) is 5.91 Å². The maximum absolute atomic E-state index is 13.2. The van der Waals surface area contributed by atoms with Crippen LogP contribution in [0, 0.1) is 12.8 Å². The van der Waals surface area contributed by atoms with Gasteiger partial charge in [0, 0.05) is 11.6 Å². The number of carbonyl (C=O) groups excluding carboxylic acids is 1. The van der Waals surface area contributed by atoms with Gasteiger partial charge in [0.15, 0.2) is 0 Å². The summed E-state index contributed by atoms with van der Waals surface area (Å²) in [5, 5.41) is 3.18. The molecule has 0 bridgehead atoms. The van der Waals surface area contributed by atoms with E-state index in [1.165, 1.54) is 6.07 Å². The third-order valence-electron chi connectivity index (χ3n) is 4.04. The molecular formula is C20H25ClN2O3S. The number of amides is 1. The Kier molecular flexibility index (Phi) is 7.27. The van der Waals surface area contributed by atoms with Gasteiger partial charge in [-0.25, -0.2) is 8.42 Å². The highest BCUT2D eigenvalue weighted by atomic mass is 35.5. The average molecular weight is 409 g/mol. The van der Waals surface area contributed by atoms with E-state index in [-0.39, 0.29) is 17.3 Å². The number of sulfonamides is 1. The zero-order chi connectivity index (χ0) is 20.0. The molecule has 0 saturated carbocycles. The molecular weight excluding hydrogens is 384 g/mol. The number of nitrogens with one attached hydrogen (secondary N) is 1. The van der Waals surface area contributed by atoms with E-state index < -0.39 is 10.0 Å². The fourth-order valence-electron chi connectivity index (χ4n) is 2.47. The van der Waals surface area contributed by atoms with Crippen molar-refractivity contribution in [1.29, 1.82) is 0 Å². The van der Waals surface area contributed by atoms with E-state index in [1.54, 1.807) is 42.5 Å². The first-order chi connectivity index (χ1) is 12.7. The lowest BCUT2D eigenvalue weighted by molar-refractivity contribution is -0.119. The van der Waals surface area contributed by atoms with Crippen molar-refractivity contribution < 1.29 is 13.2 Å². The van der Waals surface area contributed by atoms with Gasteiger partial charge >= 0.3 is 0 Å². The minimum absolute atomic E-state index is 0.128. The Morgan fingerprint density at radius 1 is 1.15 bits per heavy atom. The Bertz CT molecular complexity index is 880. The van der Waals surface area contributed by atoms with Crippen LogP contribution in [0.1, 0.15) is 25.8 Å². The first-order valence-corrected chi connectivity index (χ1v) is 10.6. The molecule has 0 saturated heterocycles. The van der Waals surface area contributed by atoms with Crippen molar-refractivity contribution in [1.82, 2.24) is 5.32 Å². The predicted molar refractivity (Wildman–Crippen MR) is 110 cm³/mol. The quantitative estimate of drug-likeness (QED) is 0.717. The molecule has 146 valence electrons. The summed E-state index contributed by atoms with van der Waals surface area (Å²) < 4.78 is 27.4. The number of aryl methyl sites for hydroxylation is 1. The fraction of sp³-hybridized carbons (Fsp3) is 0.350. The largest absolute Gasteiger partial charge is 0.355 e. The van der Waals surface area contributed by atoms with Gasteiger partial charge in [0.05, 0.1) is 10.6 Å². The molecule has 0 aliphatic heterocycles. The van der Waals surface area contributed by atoms with Crippen LogP contribution in [0.4, 0.5) is 5.69 Å². The molecule has 0 heterocycles. The molecule has 0 spiro atoms. The van der Waals surface area contributed by atoms with Crippen LogP contribution in [0.3, 0.4) is 0 Å². The van der Waals surface area contributed by atoms with E-state index in [4.69, 9.17) is 11.6 Å². The molecule has 27 heavy (non-hydrogen) atoms. The molecule has 1 amide bonds. The molecule has 7 heteroatoms. The van der Waals surface area contributed by atoms with Crippen LogP contribution in [-0.4, -0.2) is 27.4 Å². The lowest BCUT2D eigenvalue weighted by Crippen LogP contribution is -2.41. The van der Waals surface area contributed by atoms with Gasteiger partial charge in [-0.3, -0.25) is 9.10 Å². The first-order valence-electron chi connectivity index (χ1n) is 8.82. The van der Waals surface area contributed by atoms with Gasteiger partial charge in [-0.05, 0) is 49.6 Å². The molecule has 0 atom stereocenters. The average Bonchev–Trinajstić information content (AvgIpc) is 2.59. The Labute approximate surface area is 166 Å². The van der Waals surface area contributed by atoms with E-state index in [2.05, 4.69) is 19.2 Å². The minimum Gasteiger partial charge on any atom is -0.355 e. The van der Waals surface area contributed by atoms with E-state index in [9.17, 15) is 13.2 Å². The number of benzene rings is 2. The number of nitrogens with zero attached hydrogens (tertiary/aromatic N) is 1. The van der Waals surface area contributed by atoms with Crippen molar-refractivity contribution in [2.75, 3.05) is 17.4 Å². The van der Waals surface area contributed by atoms with Crippen LogP contribution in [0.5, 0.6) is 0 Å². The lowest BCUT2D eigenvalue weighted by atomic mass is 10.1. The second kappa shape index (κ2) is 9.24. The summed E-state index contributed by atoms with van der Waals surface area (Å²) in [6.45, 7) is 6.20. The summed E-state index contributed by atoms with van der Waals surface area (Å²) in [5.41, 5.74) is 1.30. The Balaban J connectivity index is 2.32. The zero-order valence-corrected chi connectivity index (χ0v) is 17.3. The fourth-order valence-corrected chi connectivity index (χ4v) is 4.07. The van der Waals surface area contributed by atoms with Gasteiger partial charge in [0.25, 0.3) is 10.0 Å². The number of halogens is 1. The number of carbonyl (C=O) groups is 1. The third-order valence-corrected chi connectivity index (χ3v) is 6.06. The molecule has 0 unspecified atom stereocenters. The van der Waals surface area contributed by atoms with Crippen molar-refractivity contribution in [2.45, 2.75) is 32.1 Å². The van der Waals surface area contributed by atoms with Gasteiger partial charge in [-0.1, -0.05) is 49.2 Å². The maximum Gasteiger partial charge on any atom is 0.264 e. The molecule has 2 rings (SSSR count). The van der Waals surface area contributed by atoms with Crippen LogP contribution in [0.2, 0.25) is 5.02 Å². The van der Waals surface area contributed by atoms with E-state index in [0.29, 0.717) is 23.2 Å². The van der Waals surface area contributed by atoms with Gasteiger partial charge in [-0.15, -0.1) is 0 Å². The molecule has 0 fully saturated rings. The van der Waals surface area contributed by atoms with Crippen LogP contribution in [0.15, 0.2) is 53.4 Å². The van der Waals surface area contributed by atoms with E-state index in [1.807, 2.05) is 6.92 Å². The Morgan fingerprint density at radius 2 is 1.81 bits per heavy atom.